The normalized spacial score (nSPS) is 10.7. The third kappa shape index (κ3) is 2.44. The van der Waals surface area contributed by atoms with E-state index < -0.39 is 0 Å². The van der Waals surface area contributed by atoms with Crippen molar-refractivity contribution in [3.8, 4) is 28.6 Å². The van der Waals surface area contributed by atoms with Gasteiger partial charge in [0.05, 0.1) is 0 Å². The van der Waals surface area contributed by atoms with Crippen LogP contribution in [0.4, 0.5) is 0 Å². The van der Waals surface area contributed by atoms with Crippen LogP contribution in [-0.4, -0.2) is 15.2 Å². The standard InChI is InChI=1S/C15H11BrN2O2/c1-9-5-6-11(8-13(9)16)15-17-14(18-20-15)10-3-2-4-12(19)7-10/h2-8,19H,1H3. The highest BCUT2D eigenvalue weighted by molar-refractivity contribution is 9.10. The minimum Gasteiger partial charge on any atom is -0.508 e. The number of aromatic nitrogens is 2. The monoisotopic (exact) mass is 330 g/mol. The van der Waals surface area contributed by atoms with Crippen LogP contribution in [0, 0.1) is 6.92 Å². The van der Waals surface area contributed by atoms with E-state index in [9.17, 15) is 5.11 Å². The smallest absolute Gasteiger partial charge is 0.258 e. The summed E-state index contributed by atoms with van der Waals surface area (Å²) in [6.45, 7) is 2.01. The van der Waals surface area contributed by atoms with E-state index in [1.165, 1.54) is 0 Å². The molecular weight excluding hydrogens is 320 g/mol. The summed E-state index contributed by atoms with van der Waals surface area (Å²) in [4.78, 5) is 4.35. The van der Waals surface area contributed by atoms with Gasteiger partial charge in [0.1, 0.15) is 5.75 Å². The molecule has 1 aromatic heterocycles. The number of aromatic hydroxyl groups is 1. The molecule has 0 saturated carbocycles. The molecule has 0 aliphatic heterocycles. The molecule has 1 heterocycles. The molecule has 0 amide bonds. The van der Waals surface area contributed by atoms with Crippen LogP contribution in [0.2, 0.25) is 0 Å². The zero-order chi connectivity index (χ0) is 14.1. The summed E-state index contributed by atoms with van der Waals surface area (Å²) < 4.78 is 6.27. The van der Waals surface area contributed by atoms with Crippen molar-refractivity contribution in [2.24, 2.45) is 0 Å². The Balaban J connectivity index is 1.99. The van der Waals surface area contributed by atoms with Gasteiger partial charge in [0.2, 0.25) is 5.82 Å². The lowest BCUT2D eigenvalue weighted by Crippen LogP contribution is -1.82. The van der Waals surface area contributed by atoms with E-state index in [1.807, 2.05) is 31.2 Å². The Morgan fingerprint density at radius 3 is 2.70 bits per heavy atom. The van der Waals surface area contributed by atoms with E-state index in [1.54, 1.807) is 18.2 Å². The molecule has 0 atom stereocenters. The van der Waals surface area contributed by atoms with Crippen LogP contribution in [0.25, 0.3) is 22.8 Å². The van der Waals surface area contributed by atoms with Crippen LogP contribution >= 0.6 is 15.9 Å². The molecule has 0 fully saturated rings. The SMILES string of the molecule is Cc1ccc(-c2nc(-c3cccc(O)c3)no2)cc1Br. The van der Waals surface area contributed by atoms with E-state index in [0.29, 0.717) is 17.3 Å². The van der Waals surface area contributed by atoms with Crippen molar-refractivity contribution in [2.45, 2.75) is 6.92 Å². The predicted octanol–water partition coefficient (Wildman–Crippen LogP) is 4.18. The van der Waals surface area contributed by atoms with Crippen LogP contribution in [0.5, 0.6) is 5.75 Å². The molecule has 2 aromatic carbocycles. The van der Waals surface area contributed by atoms with Crippen LogP contribution in [0.1, 0.15) is 5.56 Å². The molecular formula is C15H11BrN2O2. The van der Waals surface area contributed by atoms with Crippen molar-refractivity contribution in [2.75, 3.05) is 0 Å². The van der Waals surface area contributed by atoms with Crippen molar-refractivity contribution < 1.29 is 9.63 Å². The molecule has 3 aromatic rings. The van der Waals surface area contributed by atoms with Crippen molar-refractivity contribution in [1.29, 1.82) is 0 Å². The fraction of sp³-hybridized carbons (Fsp3) is 0.0667. The van der Waals surface area contributed by atoms with Gasteiger partial charge in [-0.15, -0.1) is 0 Å². The average Bonchev–Trinajstić information content (AvgIpc) is 2.92. The number of nitrogens with zero attached hydrogens (tertiary/aromatic N) is 2. The zero-order valence-electron chi connectivity index (χ0n) is 10.7. The summed E-state index contributed by atoms with van der Waals surface area (Å²) in [5, 5.41) is 13.4. The Labute approximate surface area is 124 Å². The number of halogens is 1. The maximum absolute atomic E-state index is 9.47. The second kappa shape index (κ2) is 5.09. The predicted molar refractivity (Wildman–Crippen MR) is 79.3 cm³/mol. The van der Waals surface area contributed by atoms with E-state index in [-0.39, 0.29) is 5.75 Å². The maximum atomic E-state index is 9.47. The molecule has 1 N–H and O–H groups in total. The molecule has 0 bridgehead atoms. The third-order valence-corrected chi connectivity index (χ3v) is 3.80. The maximum Gasteiger partial charge on any atom is 0.258 e. The van der Waals surface area contributed by atoms with Crippen LogP contribution in [0.3, 0.4) is 0 Å². The van der Waals surface area contributed by atoms with Crippen molar-refractivity contribution >= 4 is 15.9 Å². The number of rotatable bonds is 2. The minimum absolute atomic E-state index is 0.173. The molecule has 0 radical (unpaired) electrons. The second-order valence-electron chi connectivity index (χ2n) is 4.44. The van der Waals surface area contributed by atoms with Gasteiger partial charge < -0.3 is 9.63 Å². The average molecular weight is 331 g/mol. The van der Waals surface area contributed by atoms with Gasteiger partial charge in [-0.3, -0.25) is 0 Å². The van der Waals surface area contributed by atoms with Gasteiger partial charge in [-0.25, -0.2) is 0 Å². The van der Waals surface area contributed by atoms with Crippen LogP contribution in [-0.2, 0) is 0 Å². The number of phenolic OH excluding ortho intramolecular Hbond substituents is 1. The number of phenols is 1. The molecule has 0 aliphatic rings. The first-order chi connectivity index (χ1) is 9.63. The minimum atomic E-state index is 0.173. The van der Waals surface area contributed by atoms with Gasteiger partial charge in [0.15, 0.2) is 0 Å². The Kier molecular flexibility index (Phi) is 3.28. The second-order valence-corrected chi connectivity index (χ2v) is 5.29. The molecule has 3 rings (SSSR count). The van der Waals surface area contributed by atoms with Crippen LogP contribution in [0.15, 0.2) is 51.5 Å². The zero-order valence-corrected chi connectivity index (χ0v) is 12.3. The van der Waals surface area contributed by atoms with Crippen molar-refractivity contribution in [1.82, 2.24) is 10.1 Å². The molecule has 20 heavy (non-hydrogen) atoms. The Morgan fingerprint density at radius 1 is 1.10 bits per heavy atom. The summed E-state index contributed by atoms with van der Waals surface area (Å²) in [6, 6.07) is 12.6. The summed E-state index contributed by atoms with van der Waals surface area (Å²) >= 11 is 3.48. The molecule has 0 spiro atoms. The quantitative estimate of drug-likeness (QED) is 0.765. The Hall–Kier alpha value is -2.14. The van der Waals surface area contributed by atoms with Gasteiger partial charge in [0.25, 0.3) is 5.89 Å². The summed E-state index contributed by atoms with van der Waals surface area (Å²) in [6.07, 6.45) is 0. The summed E-state index contributed by atoms with van der Waals surface area (Å²) in [5.41, 5.74) is 2.70. The highest BCUT2D eigenvalue weighted by Crippen LogP contribution is 2.27. The molecule has 0 aliphatic carbocycles. The number of hydrogen-bond donors (Lipinski definition) is 1. The molecule has 0 unspecified atom stereocenters. The van der Waals surface area contributed by atoms with Gasteiger partial charge in [-0.2, -0.15) is 4.98 Å². The van der Waals surface area contributed by atoms with E-state index in [0.717, 1.165) is 15.6 Å². The number of aryl methyl sites for hydroxylation is 1. The fourth-order valence-electron chi connectivity index (χ4n) is 1.83. The van der Waals surface area contributed by atoms with Gasteiger partial charge >= 0.3 is 0 Å². The van der Waals surface area contributed by atoms with Crippen LogP contribution < -0.4 is 0 Å². The first-order valence-electron chi connectivity index (χ1n) is 6.03. The third-order valence-electron chi connectivity index (χ3n) is 2.95. The fourth-order valence-corrected chi connectivity index (χ4v) is 2.21. The Bertz CT molecular complexity index is 768. The lowest BCUT2D eigenvalue weighted by atomic mass is 10.1. The molecule has 0 saturated heterocycles. The summed E-state index contributed by atoms with van der Waals surface area (Å²) in [5.74, 6) is 1.07. The highest BCUT2D eigenvalue weighted by Gasteiger charge is 2.11. The first-order valence-corrected chi connectivity index (χ1v) is 6.82. The highest BCUT2D eigenvalue weighted by atomic mass is 79.9. The lowest BCUT2D eigenvalue weighted by molar-refractivity contribution is 0.432. The summed E-state index contributed by atoms with van der Waals surface area (Å²) in [7, 11) is 0. The van der Waals surface area contributed by atoms with Gasteiger partial charge in [0, 0.05) is 15.6 Å². The van der Waals surface area contributed by atoms with Gasteiger partial charge in [-0.05, 0) is 36.8 Å². The molecule has 4 nitrogen and oxygen atoms in total. The largest absolute Gasteiger partial charge is 0.508 e. The molecule has 100 valence electrons. The van der Waals surface area contributed by atoms with E-state index in [2.05, 4.69) is 26.1 Å². The van der Waals surface area contributed by atoms with E-state index >= 15 is 0 Å². The number of hydrogen-bond acceptors (Lipinski definition) is 4. The van der Waals surface area contributed by atoms with Gasteiger partial charge in [-0.1, -0.05) is 39.3 Å². The number of benzene rings is 2. The van der Waals surface area contributed by atoms with Crippen molar-refractivity contribution in [3.05, 3.63) is 52.5 Å². The topological polar surface area (TPSA) is 59.2 Å². The molecule has 5 heteroatoms. The Morgan fingerprint density at radius 2 is 1.95 bits per heavy atom. The lowest BCUT2D eigenvalue weighted by Gasteiger charge is -1.99. The van der Waals surface area contributed by atoms with E-state index in [4.69, 9.17) is 4.52 Å². The first kappa shape index (κ1) is 12.9. The van der Waals surface area contributed by atoms with Crippen molar-refractivity contribution in [3.63, 3.8) is 0 Å².